The van der Waals surface area contributed by atoms with Gasteiger partial charge in [-0.2, -0.15) is 0 Å². The highest BCUT2D eigenvalue weighted by Gasteiger charge is 2.33. The average molecular weight is 577 g/mol. The molecule has 38 heavy (non-hydrogen) atoms. The fraction of sp³-hybridized carbons (Fsp3) is 0.286. The molecule has 0 aliphatic heterocycles. The summed E-state index contributed by atoms with van der Waals surface area (Å²) >= 11 is 12.9. The number of sulfonamides is 1. The molecule has 0 fully saturated rings. The molecule has 3 aromatic rings. The van der Waals surface area contributed by atoms with Gasteiger partial charge in [-0.1, -0.05) is 65.7 Å². The zero-order chi connectivity index (χ0) is 28.0. The van der Waals surface area contributed by atoms with Gasteiger partial charge in [-0.05, 0) is 54.8 Å². The third-order valence-electron chi connectivity index (χ3n) is 6.08. The number of nitrogens with one attached hydrogen (secondary N) is 1. The molecule has 0 bridgehead atoms. The van der Waals surface area contributed by atoms with Crippen molar-refractivity contribution >= 4 is 50.7 Å². The van der Waals surface area contributed by atoms with E-state index in [0.717, 1.165) is 27.3 Å². The van der Waals surface area contributed by atoms with E-state index in [-0.39, 0.29) is 13.0 Å². The Balaban J connectivity index is 2.09. The first-order valence-corrected chi connectivity index (χ1v) is 14.5. The summed E-state index contributed by atoms with van der Waals surface area (Å²) in [5.41, 5.74) is 3.37. The van der Waals surface area contributed by atoms with Gasteiger partial charge in [0, 0.05) is 35.6 Å². The third kappa shape index (κ3) is 7.49. The molecule has 1 unspecified atom stereocenters. The number of benzene rings is 3. The second-order valence-electron chi connectivity index (χ2n) is 9.16. The van der Waals surface area contributed by atoms with Crippen LogP contribution < -0.4 is 9.62 Å². The molecule has 0 aromatic heterocycles. The Bertz CT molecular complexity index is 1370. The number of halogens is 2. The Labute approximate surface area is 234 Å². The van der Waals surface area contributed by atoms with Crippen molar-refractivity contribution in [3.05, 3.63) is 99.0 Å². The van der Waals surface area contributed by atoms with Gasteiger partial charge in [-0.3, -0.25) is 13.9 Å². The molecule has 10 heteroatoms. The Morgan fingerprint density at radius 1 is 0.921 bits per heavy atom. The first kappa shape index (κ1) is 29.5. The maximum Gasteiger partial charge on any atom is 0.244 e. The molecule has 0 saturated carbocycles. The van der Waals surface area contributed by atoms with Crippen LogP contribution in [0, 0.1) is 13.8 Å². The van der Waals surface area contributed by atoms with Crippen LogP contribution in [0.3, 0.4) is 0 Å². The zero-order valence-corrected chi connectivity index (χ0v) is 24.1. The normalized spacial score (nSPS) is 12.1. The second kappa shape index (κ2) is 12.7. The minimum Gasteiger partial charge on any atom is -0.357 e. The Morgan fingerprint density at radius 2 is 1.50 bits per heavy atom. The summed E-state index contributed by atoms with van der Waals surface area (Å²) in [6.45, 7) is 3.11. The molecule has 2 amide bonds. The predicted molar refractivity (Wildman–Crippen MR) is 153 cm³/mol. The highest BCUT2D eigenvalue weighted by Crippen LogP contribution is 2.28. The topological polar surface area (TPSA) is 86.8 Å². The monoisotopic (exact) mass is 575 g/mol. The van der Waals surface area contributed by atoms with Crippen LogP contribution in [0.2, 0.25) is 10.0 Å². The van der Waals surface area contributed by atoms with Crippen molar-refractivity contribution in [1.82, 2.24) is 10.2 Å². The third-order valence-corrected chi connectivity index (χ3v) is 7.93. The van der Waals surface area contributed by atoms with Gasteiger partial charge in [0.25, 0.3) is 0 Å². The largest absolute Gasteiger partial charge is 0.357 e. The number of carbonyl (C=O) groups is 2. The SMILES string of the molecule is CNC(=O)C(Cc1ccccc1)N(Cc1c(Cl)cccc1Cl)C(=O)CN(c1cc(C)cc(C)c1)S(C)(=O)=O. The Morgan fingerprint density at radius 3 is 2.03 bits per heavy atom. The lowest BCUT2D eigenvalue weighted by molar-refractivity contribution is -0.139. The highest BCUT2D eigenvalue weighted by atomic mass is 35.5. The Hall–Kier alpha value is -3.07. The standard InChI is InChI=1S/C28H31Cl2N3O4S/c1-19-13-20(2)15-22(14-19)33(38(4,36)37)18-27(34)32(17-23-24(29)11-8-12-25(23)30)26(28(35)31-3)16-21-9-6-5-7-10-21/h5-15,26H,16-18H2,1-4H3,(H,31,35). The summed E-state index contributed by atoms with van der Waals surface area (Å²) in [4.78, 5) is 28.5. The lowest BCUT2D eigenvalue weighted by atomic mass is 10.0. The molecule has 0 saturated heterocycles. The van der Waals surface area contributed by atoms with Crippen LogP contribution >= 0.6 is 23.2 Å². The number of hydrogen-bond acceptors (Lipinski definition) is 4. The van der Waals surface area contributed by atoms with Gasteiger partial charge in [0.05, 0.1) is 11.9 Å². The van der Waals surface area contributed by atoms with Gasteiger partial charge in [0.15, 0.2) is 0 Å². The van der Waals surface area contributed by atoms with Gasteiger partial charge < -0.3 is 10.2 Å². The predicted octanol–water partition coefficient (Wildman–Crippen LogP) is 4.76. The number of rotatable bonds is 10. The number of nitrogens with zero attached hydrogens (tertiary/aromatic N) is 2. The van der Waals surface area contributed by atoms with Crippen LogP contribution in [-0.4, -0.2) is 51.0 Å². The fourth-order valence-corrected chi connectivity index (χ4v) is 5.63. The summed E-state index contributed by atoms with van der Waals surface area (Å²) in [7, 11) is -2.36. The van der Waals surface area contributed by atoms with Crippen molar-refractivity contribution in [3.63, 3.8) is 0 Å². The number of carbonyl (C=O) groups excluding carboxylic acids is 2. The van der Waals surface area contributed by atoms with E-state index >= 15 is 0 Å². The van der Waals surface area contributed by atoms with E-state index in [4.69, 9.17) is 23.2 Å². The van der Waals surface area contributed by atoms with Crippen LogP contribution in [0.1, 0.15) is 22.3 Å². The smallest absolute Gasteiger partial charge is 0.244 e. The summed E-state index contributed by atoms with van der Waals surface area (Å²) in [6.07, 6.45) is 1.25. The molecule has 0 heterocycles. The van der Waals surface area contributed by atoms with E-state index in [1.807, 2.05) is 50.2 Å². The minimum atomic E-state index is -3.85. The van der Waals surface area contributed by atoms with E-state index in [2.05, 4.69) is 5.32 Å². The lowest BCUT2D eigenvalue weighted by Crippen LogP contribution is -2.53. The van der Waals surface area contributed by atoms with Crippen LogP contribution in [0.5, 0.6) is 0 Å². The van der Waals surface area contributed by atoms with Gasteiger partial charge in [0.1, 0.15) is 12.6 Å². The number of amides is 2. The van der Waals surface area contributed by atoms with Gasteiger partial charge in [-0.15, -0.1) is 0 Å². The van der Waals surface area contributed by atoms with Crippen molar-refractivity contribution in [2.75, 3.05) is 24.2 Å². The van der Waals surface area contributed by atoms with Crippen LogP contribution in [0.25, 0.3) is 0 Å². The van der Waals surface area contributed by atoms with Gasteiger partial charge in [0.2, 0.25) is 21.8 Å². The van der Waals surface area contributed by atoms with E-state index in [1.165, 1.54) is 11.9 Å². The van der Waals surface area contributed by atoms with Crippen molar-refractivity contribution in [3.8, 4) is 0 Å². The molecular formula is C28H31Cl2N3O4S. The van der Waals surface area contributed by atoms with Crippen molar-refractivity contribution in [1.29, 1.82) is 0 Å². The van der Waals surface area contributed by atoms with Gasteiger partial charge in [-0.25, -0.2) is 8.42 Å². The van der Waals surface area contributed by atoms with Crippen LogP contribution in [0.4, 0.5) is 5.69 Å². The number of likely N-dealkylation sites (N-methyl/N-ethyl adjacent to an activating group) is 1. The van der Waals surface area contributed by atoms with E-state index in [0.29, 0.717) is 21.3 Å². The summed E-state index contributed by atoms with van der Waals surface area (Å²) in [5, 5.41) is 3.30. The maximum atomic E-state index is 14.0. The number of hydrogen-bond donors (Lipinski definition) is 1. The summed E-state index contributed by atoms with van der Waals surface area (Å²) < 4.78 is 26.8. The van der Waals surface area contributed by atoms with Crippen molar-refractivity contribution in [2.45, 2.75) is 32.9 Å². The quantitative estimate of drug-likeness (QED) is 0.377. The lowest BCUT2D eigenvalue weighted by Gasteiger charge is -2.33. The Kier molecular flexibility index (Phi) is 9.82. The highest BCUT2D eigenvalue weighted by molar-refractivity contribution is 7.92. The summed E-state index contributed by atoms with van der Waals surface area (Å²) in [6, 6.07) is 18.6. The fourth-order valence-electron chi connectivity index (χ4n) is 4.28. The number of aryl methyl sites for hydroxylation is 2. The van der Waals surface area contributed by atoms with E-state index in [9.17, 15) is 18.0 Å². The van der Waals surface area contributed by atoms with Crippen molar-refractivity contribution < 1.29 is 18.0 Å². The van der Waals surface area contributed by atoms with E-state index in [1.54, 1.807) is 30.3 Å². The zero-order valence-electron chi connectivity index (χ0n) is 21.7. The molecule has 0 aliphatic carbocycles. The first-order chi connectivity index (χ1) is 17.9. The van der Waals surface area contributed by atoms with Crippen molar-refractivity contribution in [2.24, 2.45) is 0 Å². The van der Waals surface area contributed by atoms with Gasteiger partial charge >= 0.3 is 0 Å². The molecule has 0 radical (unpaired) electrons. The van der Waals surface area contributed by atoms with Crippen LogP contribution in [0.15, 0.2) is 66.7 Å². The van der Waals surface area contributed by atoms with E-state index < -0.39 is 34.4 Å². The molecule has 202 valence electrons. The summed E-state index contributed by atoms with van der Waals surface area (Å²) in [5.74, 6) is -0.974. The minimum absolute atomic E-state index is 0.0906. The van der Waals surface area contributed by atoms with Crippen LogP contribution in [-0.2, 0) is 32.6 Å². The molecule has 0 aliphatic rings. The molecular weight excluding hydrogens is 545 g/mol. The first-order valence-electron chi connectivity index (χ1n) is 11.9. The molecule has 1 N–H and O–H groups in total. The molecule has 3 rings (SSSR count). The average Bonchev–Trinajstić information content (AvgIpc) is 2.84. The molecule has 0 spiro atoms. The number of anilines is 1. The second-order valence-corrected chi connectivity index (χ2v) is 11.9. The molecule has 3 aromatic carbocycles. The molecule has 1 atom stereocenters. The maximum absolute atomic E-state index is 14.0. The molecule has 7 nitrogen and oxygen atoms in total.